The average Bonchev–Trinajstić information content (AvgIpc) is 2.36. The summed E-state index contributed by atoms with van der Waals surface area (Å²) in [6.07, 6.45) is 10.7. The standard InChI is InChI=1S/C16H18N2/c1-12-8-13(2)10-14(9-12)16(17)11-18-15-6-4-3-5-7-15/h3-6,8-11H,7,17H2,1-2H3/b16-11-,18-15?. The summed E-state index contributed by atoms with van der Waals surface area (Å²) >= 11 is 0. The number of aliphatic imine (C=N–C) groups is 1. The highest BCUT2D eigenvalue weighted by Crippen LogP contribution is 2.14. The van der Waals surface area contributed by atoms with E-state index in [2.05, 4.69) is 43.1 Å². The van der Waals surface area contributed by atoms with Crippen molar-refractivity contribution in [2.75, 3.05) is 0 Å². The Morgan fingerprint density at radius 1 is 1.17 bits per heavy atom. The summed E-state index contributed by atoms with van der Waals surface area (Å²) in [7, 11) is 0. The molecule has 2 nitrogen and oxygen atoms in total. The lowest BCUT2D eigenvalue weighted by Gasteiger charge is -2.05. The lowest BCUT2D eigenvalue weighted by Crippen LogP contribution is -1.98. The summed E-state index contributed by atoms with van der Waals surface area (Å²) in [6, 6.07) is 6.29. The highest BCUT2D eigenvalue weighted by Gasteiger charge is 1.99. The van der Waals surface area contributed by atoms with Gasteiger partial charge in [-0.1, -0.05) is 35.4 Å². The molecule has 18 heavy (non-hydrogen) atoms. The van der Waals surface area contributed by atoms with Crippen LogP contribution in [0.5, 0.6) is 0 Å². The van der Waals surface area contributed by atoms with Gasteiger partial charge in [-0.2, -0.15) is 0 Å². The van der Waals surface area contributed by atoms with Crippen LogP contribution in [-0.4, -0.2) is 5.71 Å². The molecule has 1 aromatic carbocycles. The summed E-state index contributed by atoms with van der Waals surface area (Å²) in [4.78, 5) is 4.41. The molecule has 0 spiro atoms. The fourth-order valence-electron chi connectivity index (χ4n) is 1.97. The average molecular weight is 238 g/mol. The van der Waals surface area contributed by atoms with Crippen molar-refractivity contribution in [2.24, 2.45) is 10.7 Å². The van der Waals surface area contributed by atoms with E-state index in [4.69, 9.17) is 5.73 Å². The number of allylic oxidation sites excluding steroid dienone is 4. The molecule has 0 heterocycles. The molecular weight excluding hydrogens is 220 g/mol. The van der Waals surface area contributed by atoms with Gasteiger partial charge in [0.05, 0.1) is 11.9 Å². The molecule has 1 aromatic rings. The normalized spacial score (nSPS) is 17.4. The molecule has 0 unspecified atom stereocenters. The molecule has 92 valence electrons. The van der Waals surface area contributed by atoms with Crippen LogP contribution in [0.4, 0.5) is 0 Å². The van der Waals surface area contributed by atoms with E-state index in [1.54, 1.807) is 6.20 Å². The summed E-state index contributed by atoms with van der Waals surface area (Å²) in [5.74, 6) is 0. The Balaban J connectivity index is 2.22. The van der Waals surface area contributed by atoms with Crippen LogP contribution >= 0.6 is 0 Å². The summed E-state index contributed by atoms with van der Waals surface area (Å²) in [6.45, 7) is 4.15. The Morgan fingerprint density at radius 2 is 1.89 bits per heavy atom. The van der Waals surface area contributed by atoms with E-state index in [-0.39, 0.29) is 0 Å². The summed E-state index contributed by atoms with van der Waals surface area (Å²) < 4.78 is 0. The maximum atomic E-state index is 6.06. The van der Waals surface area contributed by atoms with Crippen LogP contribution in [0.1, 0.15) is 23.1 Å². The molecule has 0 radical (unpaired) electrons. The number of hydrogen-bond donors (Lipinski definition) is 1. The van der Waals surface area contributed by atoms with Crippen LogP contribution in [0.2, 0.25) is 0 Å². The lowest BCUT2D eigenvalue weighted by atomic mass is 10.1. The highest BCUT2D eigenvalue weighted by molar-refractivity contribution is 5.97. The third-order valence-electron chi connectivity index (χ3n) is 2.79. The largest absolute Gasteiger partial charge is 0.397 e. The third kappa shape index (κ3) is 3.20. The zero-order valence-electron chi connectivity index (χ0n) is 10.9. The van der Waals surface area contributed by atoms with Crippen molar-refractivity contribution in [3.05, 3.63) is 65.4 Å². The third-order valence-corrected chi connectivity index (χ3v) is 2.79. The first-order valence-electron chi connectivity index (χ1n) is 6.09. The van der Waals surface area contributed by atoms with Gasteiger partial charge in [-0.25, -0.2) is 0 Å². The van der Waals surface area contributed by atoms with Crippen LogP contribution in [0.25, 0.3) is 5.70 Å². The van der Waals surface area contributed by atoms with Crippen molar-refractivity contribution < 1.29 is 0 Å². The number of hydrogen-bond acceptors (Lipinski definition) is 2. The number of benzene rings is 1. The van der Waals surface area contributed by atoms with Gasteiger partial charge in [0.25, 0.3) is 0 Å². The molecule has 1 aliphatic rings. The molecule has 0 amide bonds. The molecule has 2 heteroatoms. The Bertz CT molecular complexity index is 540. The van der Waals surface area contributed by atoms with Crippen molar-refractivity contribution in [1.29, 1.82) is 0 Å². The van der Waals surface area contributed by atoms with E-state index >= 15 is 0 Å². The quantitative estimate of drug-likeness (QED) is 0.841. The number of rotatable bonds is 2. The Hall–Kier alpha value is -2.09. The molecule has 0 saturated carbocycles. The van der Waals surface area contributed by atoms with Crippen LogP contribution in [0, 0.1) is 13.8 Å². The Kier molecular flexibility index (Phi) is 3.78. The minimum Gasteiger partial charge on any atom is -0.397 e. The molecule has 0 saturated heterocycles. The molecule has 2 N–H and O–H groups in total. The predicted molar refractivity (Wildman–Crippen MR) is 78.4 cm³/mol. The zero-order valence-corrected chi connectivity index (χ0v) is 10.9. The van der Waals surface area contributed by atoms with E-state index in [1.165, 1.54) is 11.1 Å². The fourth-order valence-corrected chi connectivity index (χ4v) is 1.97. The van der Waals surface area contributed by atoms with Gasteiger partial charge in [0.15, 0.2) is 0 Å². The summed E-state index contributed by atoms with van der Waals surface area (Å²) in [5, 5.41) is 0. The second-order valence-corrected chi connectivity index (χ2v) is 4.57. The molecule has 0 aliphatic heterocycles. The highest BCUT2D eigenvalue weighted by atomic mass is 14.7. The van der Waals surface area contributed by atoms with E-state index in [9.17, 15) is 0 Å². The van der Waals surface area contributed by atoms with Gasteiger partial charge in [-0.15, -0.1) is 0 Å². The molecule has 0 atom stereocenters. The van der Waals surface area contributed by atoms with Gasteiger partial charge in [0, 0.05) is 12.1 Å². The molecule has 0 aromatic heterocycles. The minimum absolute atomic E-state index is 0.706. The van der Waals surface area contributed by atoms with E-state index < -0.39 is 0 Å². The molecular formula is C16H18N2. The smallest absolute Gasteiger partial charge is 0.0573 e. The first-order chi connectivity index (χ1) is 8.65. The lowest BCUT2D eigenvalue weighted by molar-refractivity contribution is 1.34. The van der Waals surface area contributed by atoms with Crippen LogP contribution < -0.4 is 5.73 Å². The Morgan fingerprint density at radius 3 is 2.50 bits per heavy atom. The SMILES string of the molecule is Cc1cc(C)cc(/C(N)=C/N=C2C=CC=CC2)c1. The Labute approximate surface area is 108 Å². The van der Waals surface area contributed by atoms with Crippen molar-refractivity contribution in [3.63, 3.8) is 0 Å². The first kappa shape index (κ1) is 12.4. The van der Waals surface area contributed by atoms with E-state index in [0.717, 1.165) is 17.7 Å². The topological polar surface area (TPSA) is 38.4 Å². The number of aryl methyl sites for hydroxylation is 2. The monoisotopic (exact) mass is 238 g/mol. The maximum absolute atomic E-state index is 6.06. The van der Waals surface area contributed by atoms with Gasteiger partial charge in [0.1, 0.15) is 0 Å². The van der Waals surface area contributed by atoms with Crippen LogP contribution in [-0.2, 0) is 0 Å². The van der Waals surface area contributed by atoms with Gasteiger partial charge < -0.3 is 5.73 Å². The van der Waals surface area contributed by atoms with Crippen molar-refractivity contribution in [2.45, 2.75) is 20.3 Å². The zero-order chi connectivity index (χ0) is 13.0. The second-order valence-electron chi connectivity index (χ2n) is 4.57. The molecule has 1 aliphatic carbocycles. The molecule has 2 rings (SSSR count). The van der Waals surface area contributed by atoms with Gasteiger partial charge in [-0.3, -0.25) is 4.99 Å². The fraction of sp³-hybridized carbons (Fsp3) is 0.188. The maximum Gasteiger partial charge on any atom is 0.0573 e. The van der Waals surface area contributed by atoms with Crippen molar-refractivity contribution in [1.82, 2.24) is 0 Å². The first-order valence-corrected chi connectivity index (χ1v) is 6.09. The predicted octanol–water partition coefficient (Wildman–Crippen LogP) is 3.52. The van der Waals surface area contributed by atoms with Gasteiger partial charge in [-0.05, 0) is 37.6 Å². The number of nitrogens with two attached hydrogens (primary N) is 1. The van der Waals surface area contributed by atoms with Gasteiger partial charge in [0.2, 0.25) is 0 Å². The second kappa shape index (κ2) is 5.50. The minimum atomic E-state index is 0.706. The van der Waals surface area contributed by atoms with E-state index in [1.807, 2.05) is 18.2 Å². The summed E-state index contributed by atoms with van der Waals surface area (Å²) in [5.41, 5.74) is 11.3. The van der Waals surface area contributed by atoms with Gasteiger partial charge >= 0.3 is 0 Å². The molecule has 0 fully saturated rings. The van der Waals surface area contributed by atoms with Crippen LogP contribution in [0.15, 0.2) is 53.7 Å². The van der Waals surface area contributed by atoms with Crippen LogP contribution in [0.3, 0.4) is 0 Å². The van der Waals surface area contributed by atoms with Crippen molar-refractivity contribution in [3.8, 4) is 0 Å². The molecule has 0 bridgehead atoms. The van der Waals surface area contributed by atoms with Crippen molar-refractivity contribution >= 4 is 11.4 Å². The number of nitrogens with zero attached hydrogens (tertiary/aromatic N) is 1. The van der Waals surface area contributed by atoms with E-state index in [0.29, 0.717) is 5.70 Å².